The van der Waals surface area contributed by atoms with Crippen LogP contribution in [0.15, 0.2) is 12.4 Å². The van der Waals surface area contributed by atoms with Gasteiger partial charge in [-0.1, -0.05) is 13.8 Å². The van der Waals surface area contributed by atoms with Crippen LogP contribution in [0.1, 0.15) is 33.1 Å². The summed E-state index contributed by atoms with van der Waals surface area (Å²) < 4.78 is 1.92. The quantitative estimate of drug-likeness (QED) is 0.829. The van der Waals surface area contributed by atoms with Gasteiger partial charge in [-0.05, 0) is 24.7 Å². The zero-order valence-corrected chi connectivity index (χ0v) is 9.94. The van der Waals surface area contributed by atoms with E-state index in [0.717, 1.165) is 18.2 Å². The minimum atomic E-state index is 0.0703. The molecular weight excluding hydrogens is 202 g/mol. The summed E-state index contributed by atoms with van der Waals surface area (Å²) in [6.07, 6.45) is 6.83. The molecule has 4 heteroatoms. The molecule has 0 aromatic carbocycles. The van der Waals surface area contributed by atoms with Crippen LogP contribution in [0, 0.1) is 11.8 Å². The second-order valence-electron chi connectivity index (χ2n) is 5.04. The average Bonchev–Trinajstić information content (AvgIpc) is 2.86. The van der Waals surface area contributed by atoms with Crippen molar-refractivity contribution in [1.82, 2.24) is 9.78 Å². The SMILES string of the molecule is CC(C)CC(=O)Nc1cnn(CC2CC2)c1. The Morgan fingerprint density at radius 3 is 3.00 bits per heavy atom. The number of rotatable bonds is 5. The van der Waals surface area contributed by atoms with Crippen LogP contribution >= 0.6 is 0 Å². The van der Waals surface area contributed by atoms with E-state index in [2.05, 4.69) is 10.4 Å². The van der Waals surface area contributed by atoms with Crippen molar-refractivity contribution >= 4 is 11.6 Å². The summed E-state index contributed by atoms with van der Waals surface area (Å²) in [7, 11) is 0. The lowest BCUT2D eigenvalue weighted by Crippen LogP contribution is -2.13. The number of carbonyl (C=O) groups excluding carboxylic acids is 1. The molecule has 0 unspecified atom stereocenters. The molecule has 1 aliphatic carbocycles. The number of carbonyl (C=O) groups is 1. The Bertz CT molecular complexity index is 366. The molecular formula is C12H19N3O. The molecule has 16 heavy (non-hydrogen) atoms. The van der Waals surface area contributed by atoms with E-state index >= 15 is 0 Å². The first kappa shape index (κ1) is 11.2. The smallest absolute Gasteiger partial charge is 0.224 e. The first-order chi connectivity index (χ1) is 7.63. The van der Waals surface area contributed by atoms with Crippen molar-refractivity contribution in [2.24, 2.45) is 11.8 Å². The molecule has 1 N–H and O–H groups in total. The highest BCUT2D eigenvalue weighted by atomic mass is 16.1. The fraction of sp³-hybridized carbons (Fsp3) is 0.667. The number of amides is 1. The fourth-order valence-electron chi connectivity index (χ4n) is 1.68. The van der Waals surface area contributed by atoms with Gasteiger partial charge in [-0.3, -0.25) is 9.48 Å². The summed E-state index contributed by atoms with van der Waals surface area (Å²) in [5, 5.41) is 7.10. The van der Waals surface area contributed by atoms with E-state index in [9.17, 15) is 4.79 Å². The lowest BCUT2D eigenvalue weighted by molar-refractivity contribution is -0.116. The molecule has 0 spiro atoms. The van der Waals surface area contributed by atoms with Gasteiger partial charge in [0.15, 0.2) is 0 Å². The van der Waals surface area contributed by atoms with E-state index < -0.39 is 0 Å². The predicted molar refractivity (Wildman–Crippen MR) is 63.0 cm³/mol. The molecule has 0 atom stereocenters. The van der Waals surface area contributed by atoms with Crippen LogP contribution in [-0.2, 0) is 11.3 Å². The number of hydrogen-bond acceptors (Lipinski definition) is 2. The number of nitrogens with zero attached hydrogens (tertiary/aromatic N) is 2. The van der Waals surface area contributed by atoms with Crippen molar-refractivity contribution in [1.29, 1.82) is 0 Å². The van der Waals surface area contributed by atoms with Gasteiger partial charge in [0.2, 0.25) is 5.91 Å². The number of nitrogens with one attached hydrogen (secondary N) is 1. The average molecular weight is 221 g/mol. The van der Waals surface area contributed by atoms with Crippen LogP contribution in [0.3, 0.4) is 0 Å². The van der Waals surface area contributed by atoms with Crippen molar-refractivity contribution in [3.8, 4) is 0 Å². The topological polar surface area (TPSA) is 46.9 Å². The molecule has 1 amide bonds. The van der Waals surface area contributed by atoms with Gasteiger partial charge in [-0.25, -0.2) is 0 Å². The van der Waals surface area contributed by atoms with Crippen molar-refractivity contribution in [3.05, 3.63) is 12.4 Å². The standard InChI is InChI=1S/C12H19N3O/c1-9(2)5-12(16)14-11-6-13-15(8-11)7-10-3-4-10/h6,8-10H,3-5,7H2,1-2H3,(H,14,16). The summed E-state index contributed by atoms with van der Waals surface area (Å²) in [4.78, 5) is 11.5. The van der Waals surface area contributed by atoms with Crippen LogP contribution in [-0.4, -0.2) is 15.7 Å². The summed E-state index contributed by atoms with van der Waals surface area (Å²) in [6, 6.07) is 0. The van der Waals surface area contributed by atoms with Crippen molar-refractivity contribution in [2.45, 2.75) is 39.7 Å². The molecule has 1 saturated carbocycles. The highest BCUT2D eigenvalue weighted by molar-refractivity contribution is 5.90. The van der Waals surface area contributed by atoms with Crippen molar-refractivity contribution in [3.63, 3.8) is 0 Å². The normalized spacial score (nSPS) is 15.4. The monoisotopic (exact) mass is 221 g/mol. The Morgan fingerprint density at radius 1 is 1.62 bits per heavy atom. The maximum absolute atomic E-state index is 11.5. The lowest BCUT2D eigenvalue weighted by atomic mass is 10.1. The summed E-state index contributed by atoms with van der Waals surface area (Å²) in [5.74, 6) is 1.27. The van der Waals surface area contributed by atoms with Gasteiger partial charge >= 0.3 is 0 Å². The molecule has 1 aromatic heterocycles. The number of aromatic nitrogens is 2. The number of hydrogen-bond donors (Lipinski definition) is 1. The Morgan fingerprint density at radius 2 is 2.38 bits per heavy atom. The van der Waals surface area contributed by atoms with Crippen LogP contribution < -0.4 is 5.32 Å². The second-order valence-corrected chi connectivity index (χ2v) is 5.04. The van der Waals surface area contributed by atoms with E-state index in [1.807, 2.05) is 24.7 Å². The van der Waals surface area contributed by atoms with Crippen molar-refractivity contribution < 1.29 is 4.79 Å². The maximum Gasteiger partial charge on any atom is 0.224 e. The third-order valence-corrected chi connectivity index (χ3v) is 2.65. The largest absolute Gasteiger partial charge is 0.323 e. The lowest BCUT2D eigenvalue weighted by Gasteiger charge is -2.04. The molecule has 0 bridgehead atoms. The number of anilines is 1. The zero-order chi connectivity index (χ0) is 11.5. The summed E-state index contributed by atoms with van der Waals surface area (Å²) in [5.41, 5.74) is 0.811. The molecule has 2 rings (SSSR count). The van der Waals surface area contributed by atoms with Crippen molar-refractivity contribution in [2.75, 3.05) is 5.32 Å². The highest BCUT2D eigenvalue weighted by Gasteiger charge is 2.22. The molecule has 1 fully saturated rings. The predicted octanol–water partition coefficient (Wildman–Crippen LogP) is 2.28. The Balaban J connectivity index is 1.83. The van der Waals surface area contributed by atoms with E-state index in [-0.39, 0.29) is 5.91 Å². The van der Waals surface area contributed by atoms with E-state index in [1.165, 1.54) is 12.8 Å². The molecule has 0 saturated heterocycles. The van der Waals surface area contributed by atoms with Crippen LogP contribution in [0.2, 0.25) is 0 Å². The van der Waals surface area contributed by atoms with Gasteiger partial charge < -0.3 is 5.32 Å². The van der Waals surface area contributed by atoms with Gasteiger partial charge in [0, 0.05) is 19.2 Å². The van der Waals surface area contributed by atoms with E-state index in [1.54, 1.807) is 6.20 Å². The first-order valence-electron chi connectivity index (χ1n) is 5.96. The van der Waals surface area contributed by atoms with E-state index in [0.29, 0.717) is 12.3 Å². The first-order valence-corrected chi connectivity index (χ1v) is 5.96. The molecule has 4 nitrogen and oxygen atoms in total. The van der Waals surface area contributed by atoms with Gasteiger partial charge in [0.05, 0.1) is 11.9 Å². The molecule has 0 radical (unpaired) electrons. The van der Waals surface area contributed by atoms with Crippen LogP contribution in [0.5, 0.6) is 0 Å². The van der Waals surface area contributed by atoms with E-state index in [4.69, 9.17) is 0 Å². The Labute approximate surface area is 96.0 Å². The third kappa shape index (κ3) is 3.36. The summed E-state index contributed by atoms with van der Waals surface area (Å²) in [6.45, 7) is 5.06. The fourth-order valence-corrected chi connectivity index (χ4v) is 1.68. The van der Waals surface area contributed by atoms with Gasteiger partial charge in [-0.15, -0.1) is 0 Å². The van der Waals surface area contributed by atoms with Gasteiger partial charge in [-0.2, -0.15) is 5.10 Å². The van der Waals surface area contributed by atoms with Crippen LogP contribution in [0.25, 0.3) is 0 Å². The minimum Gasteiger partial charge on any atom is -0.323 e. The van der Waals surface area contributed by atoms with Gasteiger partial charge in [0.1, 0.15) is 0 Å². The molecule has 1 heterocycles. The van der Waals surface area contributed by atoms with Crippen LogP contribution in [0.4, 0.5) is 5.69 Å². The zero-order valence-electron chi connectivity index (χ0n) is 9.94. The maximum atomic E-state index is 11.5. The molecule has 1 aromatic rings. The highest BCUT2D eigenvalue weighted by Crippen LogP contribution is 2.30. The Hall–Kier alpha value is -1.32. The minimum absolute atomic E-state index is 0.0703. The third-order valence-electron chi connectivity index (χ3n) is 2.65. The molecule has 1 aliphatic rings. The Kier molecular flexibility index (Phi) is 3.27. The molecule has 0 aliphatic heterocycles. The molecule has 88 valence electrons. The summed E-state index contributed by atoms with van der Waals surface area (Å²) >= 11 is 0. The van der Waals surface area contributed by atoms with Gasteiger partial charge in [0.25, 0.3) is 0 Å². The second kappa shape index (κ2) is 4.68.